The number of unbranched alkanes of at least 4 members (excludes halogenated alkanes) is 5. The van der Waals surface area contributed by atoms with Crippen LogP contribution >= 0.6 is 0 Å². The van der Waals surface area contributed by atoms with E-state index >= 15 is 0 Å². The molecular formula is C18H37NO3. The quantitative estimate of drug-likeness (QED) is 0.336. The number of ether oxygens (including phenoxy) is 1. The lowest BCUT2D eigenvalue weighted by atomic mass is 9.94. The van der Waals surface area contributed by atoms with Crippen LogP contribution < -0.4 is 0 Å². The van der Waals surface area contributed by atoms with Crippen molar-refractivity contribution in [2.75, 3.05) is 14.1 Å². The normalized spacial score (nSPS) is 15.9. The Morgan fingerprint density at radius 1 is 1.09 bits per heavy atom. The van der Waals surface area contributed by atoms with Crippen molar-refractivity contribution >= 4 is 5.97 Å². The number of likely N-dealkylation sites (N-methyl/N-ethyl adjacent to an activating group) is 1. The van der Waals surface area contributed by atoms with Gasteiger partial charge in [-0.05, 0) is 33.4 Å². The minimum Gasteiger partial charge on any atom is -0.441 e. The zero-order chi connectivity index (χ0) is 17.2. The number of nitrogens with zero attached hydrogens (tertiary/aromatic N) is 1. The first-order valence-corrected chi connectivity index (χ1v) is 8.83. The molecule has 0 aromatic carbocycles. The van der Waals surface area contributed by atoms with Crippen molar-refractivity contribution in [1.29, 1.82) is 0 Å². The molecule has 22 heavy (non-hydrogen) atoms. The molecule has 0 fully saturated rings. The van der Waals surface area contributed by atoms with Crippen molar-refractivity contribution in [2.24, 2.45) is 5.92 Å². The third kappa shape index (κ3) is 7.59. The van der Waals surface area contributed by atoms with Gasteiger partial charge in [-0.1, -0.05) is 52.9 Å². The third-order valence-electron chi connectivity index (χ3n) is 4.14. The number of aliphatic hydroxyl groups excluding tert-OH is 1. The number of hydrogen-bond donors (Lipinski definition) is 1. The van der Waals surface area contributed by atoms with E-state index in [2.05, 4.69) is 20.8 Å². The van der Waals surface area contributed by atoms with Crippen molar-refractivity contribution in [3.63, 3.8) is 0 Å². The van der Waals surface area contributed by atoms with Crippen molar-refractivity contribution in [2.45, 2.75) is 90.9 Å². The lowest BCUT2D eigenvalue weighted by Crippen LogP contribution is -2.56. The molecule has 0 bridgehead atoms. The molecule has 0 aliphatic carbocycles. The van der Waals surface area contributed by atoms with E-state index in [-0.39, 0.29) is 5.97 Å². The highest BCUT2D eigenvalue weighted by Gasteiger charge is 2.42. The van der Waals surface area contributed by atoms with E-state index in [0.29, 0.717) is 18.8 Å². The lowest BCUT2D eigenvalue weighted by Gasteiger charge is -2.42. The van der Waals surface area contributed by atoms with E-state index in [1.54, 1.807) is 6.92 Å². The van der Waals surface area contributed by atoms with Crippen LogP contribution in [0.25, 0.3) is 0 Å². The molecule has 0 radical (unpaired) electrons. The third-order valence-corrected chi connectivity index (χ3v) is 4.14. The molecule has 0 aromatic rings. The highest BCUT2D eigenvalue weighted by Crippen LogP contribution is 2.28. The first-order valence-electron chi connectivity index (χ1n) is 8.83. The van der Waals surface area contributed by atoms with E-state index in [9.17, 15) is 9.90 Å². The van der Waals surface area contributed by atoms with Gasteiger partial charge in [-0.15, -0.1) is 0 Å². The van der Waals surface area contributed by atoms with Crippen LogP contribution in [0.4, 0.5) is 0 Å². The Hall–Kier alpha value is -0.610. The molecule has 132 valence electrons. The lowest BCUT2D eigenvalue weighted by molar-refractivity contribution is -0.210. The Labute approximate surface area is 137 Å². The Morgan fingerprint density at radius 3 is 2.09 bits per heavy atom. The summed E-state index contributed by atoms with van der Waals surface area (Å²) in [4.78, 5) is 14.0. The number of carbonyl (C=O) groups is 1. The average Bonchev–Trinajstić information content (AvgIpc) is 2.40. The summed E-state index contributed by atoms with van der Waals surface area (Å²) in [6.45, 7) is 8.04. The van der Waals surface area contributed by atoms with Crippen LogP contribution in [0.2, 0.25) is 0 Å². The van der Waals surface area contributed by atoms with Crippen LogP contribution in [0.3, 0.4) is 0 Å². The minimum absolute atomic E-state index is 0.203. The Kier molecular flexibility index (Phi) is 10.7. The molecule has 2 unspecified atom stereocenters. The summed E-state index contributed by atoms with van der Waals surface area (Å²) in [7, 11) is 3.71. The highest BCUT2D eigenvalue weighted by molar-refractivity contribution is 5.69. The van der Waals surface area contributed by atoms with Gasteiger partial charge in [0, 0.05) is 12.8 Å². The SMILES string of the molecule is CCCCCCCCC(=O)OC(CC(C)C)(C(C)O)N(C)C. The van der Waals surface area contributed by atoms with E-state index in [1.165, 1.54) is 25.7 Å². The van der Waals surface area contributed by atoms with Crippen LogP contribution in [0.5, 0.6) is 0 Å². The van der Waals surface area contributed by atoms with E-state index in [0.717, 1.165) is 12.8 Å². The molecule has 1 N–H and O–H groups in total. The monoisotopic (exact) mass is 315 g/mol. The van der Waals surface area contributed by atoms with Crippen LogP contribution in [0, 0.1) is 5.92 Å². The molecule has 0 amide bonds. The summed E-state index contributed by atoms with van der Waals surface area (Å²) in [5, 5.41) is 10.2. The van der Waals surface area contributed by atoms with Crippen LogP contribution in [0.1, 0.15) is 79.1 Å². The Balaban J connectivity index is 4.44. The maximum atomic E-state index is 12.2. The van der Waals surface area contributed by atoms with Crippen LogP contribution in [0.15, 0.2) is 0 Å². The van der Waals surface area contributed by atoms with E-state index in [4.69, 9.17) is 4.74 Å². The fourth-order valence-corrected chi connectivity index (χ4v) is 2.83. The van der Waals surface area contributed by atoms with Crippen LogP contribution in [-0.4, -0.2) is 41.9 Å². The van der Waals surface area contributed by atoms with Crippen molar-refractivity contribution in [3.8, 4) is 0 Å². The molecule has 0 heterocycles. The number of esters is 1. The summed E-state index contributed by atoms with van der Waals surface area (Å²) in [6, 6.07) is 0. The number of carbonyl (C=O) groups excluding carboxylic acids is 1. The summed E-state index contributed by atoms with van der Waals surface area (Å²) in [5.74, 6) is 0.129. The predicted molar refractivity (Wildman–Crippen MR) is 91.6 cm³/mol. The molecule has 0 aromatic heterocycles. The number of aliphatic hydroxyl groups is 1. The standard InChI is InChI=1S/C18H37NO3/c1-7-8-9-10-11-12-13-17(21)22-18(16(4)20,19(5)6)14-15(2)3/h15-16,20H,7-14H2,1-6H3. The van der Waals surface area contributed by atoms with Gasteiger partial charge in [-0.25, -0.2) is 0 Å². The van der Waals surface area contributed by atoms with Crippen molar-refractivity contribution < 1.29 is 14.6 Å². The van der Waals surface area contributed by atoms with Gasteiger partial charge in [0.15, 0.2) is 5.72 Å². The van der Waals surface area contributed by atoms with Gasteiger partial charge in [-0.2, -0.15) is 0 Å². The Morgan fingerprint density at radius 2 is 1.64 bits per heavy atom. The molecule has 2 atom stereocenters. The second kappa shape index (κ2) is 11.0. The van der Waals surface area contributed by atoms with E-state index in [1.807, 2.05) is 19.0 Å². The van der Waals surface area contributed by atoms with Crippen molar-refractivity contribution in [1.82, 2.24) is 4.90 Å². The second-order valence-electron chi connectivity index (χ2n) is 7.01. The maximum Gasteiger partial charge on any atom is 0.307 e. The molecule has 0 aliphatic rings. The van der Waals surface area contributed by atoms with Crippen molar-refractivity contribution in [3.05, 3.63) is 0 Å². The molecule has 0 aliphatic heterocycles. The highest BCUT2D eigenvalue weighted by atomic mass is 16.6. The Bertz CT molecular complexity index is 293. The molecule has 0 rings (SSSR count). The molecule has 4 heteroatoms. The minimum atomic E-state index is -0.923. The van der Waals surface area contributed by atoms with Gasteiger partial charge in [0.25, 0.3) is 0 Å². The summed E-state index contributed by atoms with van der Waals surface area (Å²) in [5.41, 5.74) is -0.923. The van der Waals surface area contributed by atoms with Gasteiger partial charge in [-0.3, -0.25) is 9.69 Å². The largest absolute Gasteiger partial charge is 0.441 e. The van der Waals surface area contributed by atoms with Gasteiger partial charge in [0.2, 0.25) is 0 Å². The fourth-order valence-electron chi connectivity index (χ4n) is 2.83. The van der Waals surface area contributed by atoms with E-state index < -0.39 is 11.8 Å². The molecular weight excluding hydrogens is 278 g/mol. The second-order valence-corrected chi connectivity index (χ2v) is 7.01. The topological polar surface area (TPSA) is 49.8 Å². The van der Waals surface area contributed by atoms with Crippen LogP contribution in [-0.2, 0) is 9.53 Å². The number of rotatable bonds is 12. The summed E-state index contributed by atoms with van der Waals surface area (Å²) in [6.07, 6.45) is 7.21. The fraction of sp³-hybridized carbons (Fsp3) is 0.944. The molecule has 0 spiro atoms. The average molecular weight is 315 g/mol. The zero-order valence-corrected chi connectivity index (χ0v) is 15.5. The first-order chi connectivity index (χ1) is 10.3. The summed E-state index contributed by atoms with van der Waals surface area (Å²) < 4.78 is 5.74. The predicted octanol–water partition coefficient (Wildman–Crippen LogP) is 3.97. The van der Waals surface area contributed by atoms with Gasteiger partial charge in [0.1, 0.15) is 6.10 Å². The summed E-state index contributed by atoms with van der Waals surface area (Å²) >= 11 is 0. The first kappa shape index (κ1) is 21.4. The van der Waals surface area contributed by atoms with Gasteiger partial charge in [0.05, 0.1) is 0 Å². The molecule has 0 saturated heterocycles. The van der Waals surface area contributed by atoms with Gasteiger partial charge >= 0.3 is 5.97 Å². The maximum absolute atomic E-state index is 12.2. The molecule has 4 nitrogen and oxygen atoms in total. The van der Waals surface area contributed by atoms with Gasteiger partial charge < -0.3 is 9.84 Å². The zero-order valence-electron chi connectivity index (χ0n) is 15.5. The smallest absolute Gasteiger partial charge is 0.307 e. The number of hydrogen-bond acceptors (Lipinski definition) is 4. The molecule has 0 saturated carbocycles.